The largest absolute Gasteiger partial charge is 0.297 e. The summed E-state index contributed by atoms with van der Waals surface area (Å²) < 4.78 is 22.5. The normalized spacial score (nSPS) is 26.3. The minimum absolute atomic E-state index is 0.323. The van der Waals surface area contributed by atoms with E-state index in [9.17, 15) is 8.42 Å². The molecule has 0 N–H and O–H groups in total. The molecule has 0 saturated carbocycles. The second kappa shape index (κ2) is 4.49. The zero-order valence-electron chi connectivity index (χ0n) is 8.85. The average Bonchev–Trinajstić information content (AvgIpc) is 2.23. The van der Waals surface area contributed by atoms with E-state index in [1.807, 2.05) is 0 Å². The van der Waals surface area contributed by atoms with Gasteiger partial charge in [-0.25, -0.2) is 8.42 Å². The van der Waals surface area contributed by atoms with E-state index < -0.39 is 9.84 Å². The summed E-state index contributed by atoms with van der Waals surface area (Å²) >= 11 is 0. The van der Waals surface area contributed by atoms with Crippen LogP contribution in [0.15, 0.2) is 23.8 Å². The van der Waals surface area contributed by atoms with Crippen LogP contribution in [0.2, 0.25) is 0 Å². The molecule has 0 radical (unpaired) electrons. The zero-order chi connectivity index (χ0) is 10.7. The minimum Gasteiger partial charge on any atom is -0.297 e. The molecule has 0 atom stereocenters. The Bertz CT molecular complexity index is 367. The van der Waals surface area contributed by atoms with Crippen LogP contribution >= 0.6 is 0 Å². The van der Waals surface area contributed by atoms with Crippen molar-refractivity contribution in [2.45, 2.75) is 12.8 Å². The van der Waals surface area contributed by atoms with E-state index in [0.717, 1.165) is 19.4 Å². The molecule has 0 aromatic rings. The van der Waals surface area contributed by atoms with Gasteiger partial charge in [-0.1, -0.05) is 18.2 Å². The summed E-state index contributed by atoms with van der Waals surface area (Å²) in [5.41, 5.74) is 1.33. The maximum atomic E-state index is 11.2. The van der Waals surface area contributed by atoms with Gasteiger partial charge >= 0.3 is 0 Å². The van der Waals surface area contributed by atoms with Gasteiger partial charge in [-0.05, 0) is 18.4 Å². The summed E-state index contributed by atoms with van der Waals surface area (Å²) in [7, 11) is -2.74. The van der Waals surface area contributed by atoms with E-state index >= 15 is 0 Å². The molecule has 0 bridgehead atoms. The summed E-state index contributed by atoms with van der Waals surface area (Å²) in [6.45, 7) is 2.28. The van der Waals surface area contributed by atoms with Gasteiger partial charge < -0.3 is 0 Å². The van der Waals surface area contributed by atoms with E-state index in [0.29, 0.717) is 24.6 Å². The molecule has 1 aliphatic heterocycles. The number of hydrogen-bond acceptors (Lipinski definition) is 3. The first-order chi connectivity index (χ1) is 7.16. The molecule has 2 aliphatic rings. The van der Waals surface area contributed by atoms with E-state index in [-0.39, 0.29) is 0 Å². The molecule has 2 rings (SSSR count). The van der Waals surface area contributed by atoms with Gasteiger partial charge in [-0.3, -0.25) is 4.90 Å². The molecule has 1 saturated heterocycles. The monoisotopic (exact) mass is 227 g/mol. The van der Waals surface area contributed by atoms with E-state index in [4.69, 9.17) is 0 Å². The summed E-state index contributed by atoms with van der Waals surface area (Å²) in [6, 6.07) is 0. The second-order valence-electron chi connectivity index (χ2n) is 4.19. The number of allylic oxidation sites excluding steroid dienone is 2. The third-order valence-electron chi connectivity index (χ3n) is 2.92. The quantitative estimate of drug-likeness (QED) is 0.706. The molecule has 15 heavy (non-hydrogen) atoms. The van der Waals surface area contributed by atoms with E-state index in [1.165, 1.54) is 5.57 Å². The lowest BCUT2D eigenvalue weighted by Gasteiger charge is -2.27. The first-order valence-corrected chi connectivity index (χ1v) is 7.26. The van der Waals surface area contributed by atoms with Crippen molar-refractivity contribution >= 4 is 9.84 Å². The zero-order valence-corrected chi connectivity index (χ0v) is 9.67. The predicted octanol–water partition coefficient (Wildman–Crippen LogP) is 0.993. The lowest BCUT2D eigenvalue weighted by atomic mass is 10.1. The fourth-order valence-corrected chi connectivity index (χ4v) is 3.23. The number of sulfone groups is 1. The summed E-state index contributed by atoms with van der Waals surface area (Å²) in [6.07, 6.45) is 8.86. The molecule has 0 aromatic heterocycles. The van der Waals surface area contributed by atoms with Gasteiger partial charge in [-0.15, -0.1) is 0 Å². The van der Waals surface area contributed by atoms with Gasteiger partial charge in [0.2, 0.25) is 0 Å². The number of hydrogen-bond donors (Lipinski definition) is 0. The van der Waals surface area contributed by atoms with Crippen LogP contribution < -0.4 is 0 Å². The molecule has 0 aromatic carbocycles. The molecule has 0 unspecified atom stereocenters. The van der Waals surface area contributed by atoms with Gasteiger partial charge in [0.1, 0.15) is 0 Å². The third kappa shape index (κ3) is 3.18. The molecule has 3 nitrogen and oxygen atoms in total. The highest BCUT2D eigenvalue weighted by Crippen LogP contribution is 2.13. The maximum absolute atomic E-state index is 11.2. The minimum atomic E-state index is -2.74. The smallest absolute Gasteiger partial charge is 0.152 e. The Labute approximate surface area is 91.4 Å². The Morgan fingerprint density at radius 3 is 2.53 bits per heavy atom. The SMILES string of the molecule is O=S1(=O)CCN(CC2=CCCC=C2)CC1. The fraction of sp³-hybridized carbons (Fsp3) is 0.636. The van der Waals surface area contributed by atoms with Crippen LogP contribution in [0.5, 0.6) is 0 Å². The van der Waals surface area contributed by atoms with Crippen molar-refractivity contribution in [1.29, 1.82) is 0 Å². The molecule has 1 aliphatic carbocycles. The Balaban J connectivity index is 1.87. The lowest BCUT2D eigenvalue weighted by Crippen LogP contribution is -2.41. The highest BCUT2D eigenvalue weighted by Gasteiger charge is 2.21. The summed E-state index contributed by atoms with van der Waals surface area (Å²) in [5, 5.41) is 0. The third-order valence-corrected chi connectivity index (χ3v) is 4.52. The van der Waals surface area contributed by atoms with Crippen molar-refractivity contribution in [1.82, 2.24) is 4.90 Å². The van der Waals surface area contributed by atoms with Crippen molar-refractivity contribution in [2.75, 3.05) is 31.1 Å². The van der Waals surface area contributed by atoms with Gasteiger partial charge in [0.15, 0.2) is 9.84 Å². The predicted molar refractivity (Wildman–Crippen MR) is 61.6 cm³/mol. The summed E-state index contributed by atoms with van der Waals surface area (Å²) in [4.78, 5) is 2.22. The Morgan fingerprint density at radius 1 is 1.20 bits per heavy atom. The van der Waals surface area contributed by atoms with Gasteiger partial charge in [0.05, 0.1) is 11.5 Å². The Morgan fingerprint density at radius 2 is 1.93 bits per heavy atom. The van der Waals surface area contributed by atoms with Crippen molar-refractivity contribution < 1.29 is 8.42 Å². The Hall–Kier alpha value is -0.610. The van der Waals surface area contributed by atoms with Gasteiger partial charge in [0, 0.05) is 19.6 Å². The highest BCUT2D eigenvalue weighted by atomic mass is 32.2. The molecule has 1 fully saturated rings. The Kier molecular flexibility index (Phi) is 3.26. The maximum Gasteiger partial charge on any atom is 0.152 e. The van der Waals surface area contributed by atoms with Gasteiger partial charge in [-0.2, -0.15) is 0 Å². The standard InChI is InChI=1S/C11H17NO2S/c13-15(14)8-6-12(7-9-15)10-11-4-2-1-3-5-11/h2,4-5H,1,3,6-10H2. The first-order valence-electron chi connectivity index (χ1n) is 5.44. The number of nitrogens with zero attached hydrogens (tertiary/aromatic N) is 1. The van der Waals surface area contributed by atoms with Crippen LogP contribution in [-0.2, 0) is 9.84 Å². The van der Waals surface area contributed by atoms with Crippen LogP contribution in [0.1, 0.15) is 12.8 Å². The molecule has 84 valence electrons. The van der Waals surface area contributed by atoms with Crippen LogP contribution in [0.3, 0.4) is 0 Å². The van der Waals surface area contributed by atoms with Crippen molar-refractivity contribution in [3.05, 3.63) is 23.8 Å². The highest BCUT2D eigenvalue weighted by molar-refractivity contribution is 7.91. The van der Waals surface area contributed by atoms with Crippen molar-refractivity contribution in [3.8, 4) is 0 Å². The first kappa shape index (κ1) is 10.9. The average molecular weight is 227 g/mol. The van der Waals surface area contributed by atoms with E-state index in [1.54, 1.807) is 0 Å². The van der Waals surface area contributed by atoms with E-state index in [2.05, 4.69) is 23.1 Å². The second-order valence-corrected chi connectivity index (χ2v) is 6.49. The topological polar surface area (TPSA) is 37.4 Å². The molecule has 0 amide bonds. The lowest BCUT2D eigenvalue weighted by molar-refractivity contribution is 0.321. The van der Waals surface area contributed by atoms with Crippen LogP contribution in [0, 0.1) is 0 Å². The molecule has 0 spiro atoms. The van der Waals surface area contributed by atoms with Crippen LogP contribution in [-0.4, -0.2) is 44.5 Å². The molecule has 1 heterocycles. The summed E-state index contributed by atoms with van der Waals surface area (Å²) in [5.74, 6) is 0.647. The van der Waals surface area contributed by atoms with Crippen LogP contribution in [0.4, 0.5) is 0 Å². The van der Waals surface area contributed by atoms with Crippen molar-refractivity contribution in [2.24, 2.45) is 0 Å². The molecular weight excluding hydrogens is 210 g/mol. The van der Waals surface area contributed by atoms with Crippen molar-refractivity contribution in [3.63, 3.8) is 0 Å². The molecular formula is C11H17NO2S. The molecule has 4 heteroatoms. The fourth-order valence-electron chi connectivity index (χ4n) is 1.95. The number of rotatable bonds is 2. The van der Waals surface area contributed by atoms with Gasteiger partial charge in [0.25, 0.3) is 0 Å². The van der Waals surface area contributed by atoms with Crippen LogP contribution in [0.25, 0.3) is 0 Å².